The number of anilines is 1. The van der Waals surface area contributed by atoms with Crippen molar-refractivity contribution >= 4 is 28.9 Å². The molecular formula is C13H17Cl2NO. The zero-order valence-electron chi connectivity index (χ0n) is 9.74. The molecule has 4 heteroatoms. The third kappa shape index (κ3) is 4.49. The van der Waals surface area contributed by atoms with Gasteiger partial charge in [-0.1, -0.05) is 24.8 Å². The molecule has 0 heterocycles. The van der Waals surface area contributed by atoms with Crippen LogP contribution in [0.5, 0.6) is 5.75 Å². The van der Waals surface area contributed by atoms with Crippen molar-refractivity contribution in [3.63, 3.8) is 0 Å². The van der Waals surface area contributed by atoms with Gasteiger partial charge in [-0.2, -0.15) is 0 Å². The van der Waals surface area contributed by atoms with E-state index < -0.39 is 0 Å². The van der Waals surface area contributed by atoms with Crippen LogP contribution in [0.25, 0.3) is 0 Å². The number of benzene rings is 1. The Kier molecular flexibility index (Phi) is 6.90. The van der Waals surface area contributed by atoms with Gasteiger partial charge in [-0.25, -0.2) is 0 Å². The maximum Gasteiger partial charge on any atom is 0.143 e. The molecule has 0 N–H and O–H groups in total. The predicted molar refractivity (Wildman–Crippen MR) is 75.8 cm³/mol. The molecule has 1 aromatic carbocycles. The van der Waals surface area contributed by atoms with E-state index in [1.807, 2.05) is 24.3 Å². The third-order valence-corrected chi connectivity index (χ3v) is 2.61. The average molecular weight is 274 g/mol. The lowest BCUT2D eigenvalue weighted by Crippen LogP contribution is -2.28. The second kappa shape index (κ2) is 8.26. The maximum absolute atomic E-state index is 5.80. The molecule has 2 nitrogen and oxygen atoms in total. The van der Waals surface area contributed by atoms with Crippen LogP contribution in [0.15, 0.2) is 36.9 Å². The van der Waals surface area contributed by atoms with Crippen molar-refractivity contribution in [1.82, 2.24) is 0 Å². The molecule has 17 heavy (non-hydrogen) atoms. The molecule has 0 fully saturated rings. The Morgan fingerprint density at radius 3 is 2.41 bits per heavy atom. The number of halogens is 2. The molecule has 0 aliphatic rings. The minimum Gasteiger partial charge on any atom is -0.487 e. The van der Waals surface area contributed by atoms with Gasteiger partial charge in [0.25, 0.3) is 0 Å². The van der Waals surface area contributed by atoms with Crippen LogP contribution in [0.2, 0.25) is 0 Å². The van der Waals surface area contributed by atoms with Crippen LogP contribution in [0.1, 0.15) is 0 Å². The van der Waals surface area contributed by atoms with Crippen LogP contribution in [-0.4, -0.2) is 31.5 Å². The molecule has 0 atom stereocenters. The smallest absolute Gasteiger partial charge is 0.143 e. The van der Waals surface area contributed by atoms with E-state index in [9.17, 15) is 0 Å². The van der Waals surface area contributed by atoms with Crippen LogP contribution in [0.3, 0.4) is 0 Å². The molecule has 0 spiro atoms. The topological polar surface area (TPSA) is 12.5 Å². The minimum absolute atomic E-state index is 0.493. The molecule has 0 saturated carbocycles. The van der Waals surface area contributed by atoms with E-state index in [-0.39, 0.29) is 0 Å². The van der Waals surface area contributed by atoms with E-state index in [1.165, 1.54) is 0 Å². The minimum atomic E-state index is 0.493. The van der Waals surface area contributed by atoms with Crippen molar-refractivity contribution in [3.05, 3.63) is 36.9 Å². The highest BCUT2D eigenvalue weighted by molar-refractivity contribution is 6.18. The first-order chi connectivity index (χ1) is 8.33. The number of para-hydroxylation sites is 2. The van der Waals surface area contributed by atoms with Gasteiger partial charge in [-0.15, -0.1) is 23.2 Å². The summed E-state index contributed by atoms with van der Waals surface area (Å²) >= 11 is 11.6. The zero-order chi connectivity index (χ0) is 12.5. The summed E-state index contributed by atoms with van der Waals surface area (Å²) in [5.41, 5.74) is 1.02. The summed E-state index contributed by atoms with van der Waals surface area (Å²) in [5.74, 6) is 1.96. The maximum atomic E-state index is 5.80. The van der Waals surface area contributed by atoms with E-state index in [4.69, 9.17) is 27.9 Å². The molecule has 0 radical (unpaired) electrons. The molecule has 1 rings (SSSR count). The lowest BCUT2D eigenvalue weighted by molar-refractivity contribution is 0.363. The number of ether oxygens (including phenoxy) is 1. The van der Waals surface area contributed by atoms with E-state index in [2.05, 4.69) is 11.5 Å². The molecule has 1 aromatic rings. The second-order valence-corrected chi connectivity index (χ2v) is 4.19. The van der Waals surface area contributed by atoms with Crippen LogP contribution >= 0.6 is 23.2 Å². The number of alkyl halides is 2. The predicted octanol–water partition coefficient (Wildman–Crippen LogP) is 3.54. The Morgan fingerprint density at radius 2 is 1.82 bits per heavy atom. The number of hydrogen-bond acceptors (Lipinski definition) is 2. The van der Waals surface area contributed by atoms with Gasteiger partial charge >= 0.3 is 0 Å². The summed E-state index contributed by atoms with van der Waals surface area (Å²) in [4.78, 5) is 2.12. The monoisotopic (exact) mass is 273 g/mol. The quantitative estimate of drug-likeness (QED) is 0.531. The van der Waals surface area contributed by atoms with Crippen molar-refractivity contribution in [2.24, 2.45) is 0 Å². The summed E-state index contributed by atoms with van der Waals surface area (Å²) in [6.45, 7) is 5.64. The van der Waals surface area contributed by atoms with Gasteiger partial charge in [-0.3, -0.25) is 0 Å². The van der Waals surface area contributed by atoms with Crippen LogP contribution < -0.4 is 9.64 Å². The number of rotatable bonds is 8. The highest BCUT2D eigenvalue weighted by Gasteiger charge is 2.10. The van der Waals surface area contributed by atoms with Crippen molar-refractivity contribution in [2.75, 3.05) is 36.4 Å². The van der Waals surface area contributed by atoms with Gasteiger partial charge in [0, 0.05) is 24.8 Å². The van der Waals surface area contributed by atoms with E-state index in [1.54, 1.807) is 6.08 Å². The summed E-state index contributed by atoms with van der Waals surface area (Å²) in [7, 11) is 0. The summed E-state index contributed by atoms with van der Waals surface area (Å²) in [5, 5.41) is 0. The van der Waals surface area contributed by atoms with Crippen LogP contribution in [0, 0.1) is 0 Å². The summed E-state index contributed by atoms with van der Waals surface area (Å²) < 4.78 is 5.61. The van der Waals surface area contributed by atoms with E-state index >= 15 is 0 Å². The zero-order valence-corrected chi connectivity index (χ0v) is 11.3. The average Bonchev–Trinajstić information content (AvgIpc) is 2.36. The van der Waals surface area contributed by atoms with Gasteiger partial charge in [0.15, 0.2) is 0 Å². The molecular weight excluding hydrogens is 257 g/mol. The standard InChI is InChI=1S/C13H17Cl2NO/c1-2-11-17-13-6-4-3-5-12(13)16(9-7-14)10-8-15/h2-6H,1,7-11H2. The van der Waals surface area contributed by atoms with Gasteiger partial charge in [0.2, 0.25) is 0 Å². The Hall–Kier alpha value is -0.860. The van der Waals surface area contributed by atoms with E-state index in [0.717, 1.165) is 24.5 Å². The first-order valence-corrected chi connectivity index (χ1v) is 6.60. The van der Waals surface area contributed by atoms with Crippen LogP contribution in [-0.2, 0) is 0 Å². The fourth-order valence-corrected chi connectivity index (χ4v) is 1.95. The van der Waals surface area contributed by atoms with Gasteiger partial charge in [-0.05, 0) is 12.1 Å². The lowest BCUT2D eigenvalue weighted by atomic mass is 10.2. The Bertz CT molecular complexity index is 338. The summed E-state index contributed by atoms with van der Waals surface area (Å²) in [6.07, 6.45) is 1.73. The van der Waals surface area contributed by atoms with Crippen molar-refractivity contribution in [3.8, 4) is 5.75 Å². The molecule has 94 valence electrons. The second-order valence-electron chi connectivity index (χ2n) is 3.43. The third-order valence-electron chi connectivity index (χ3n) is 2.27. The SMILES string of the molecule is C=CCOc1ccccc1N(CCCl)CCCl. The molecule has 0 aromatic heterocycles. The Labute approximate surface area is 113 Å². The highest BCUT2D eigenvalue weighted by atomic mass is 35.5. The lowest BCUT2D eigenvalue weighted by Gasteiger charge is -2.25. The fourth-order valence-electron chi connectivity index (χ4n) is 1.55. The molecule has 0 amide bonds. The van der Waals surface area contributed by atoms with Crippen molar-refractivity contribution in [2.45, 2.75) is 0 Å². The number of hydrogen-bond donors (Lipinski definition) is 0. The van der Waals surface area contributed by atoms with E-state index in [0.29, 0.717) is 18.4 Å². The normalized spacial score (nSPS) is 10.0. The van der Waals surface area contributed by atoms with Crippen molar-refractivity contribution < 1.29 is 4.74 Å². The molecule has 0 unspecified atom stereocenters. The fraction of sp³-hybridized carbons (Fsp3) is 0.385. The van der Waals surface area contributed by atoms with Gasteiger partial charge in [0.1, 0.15) is 12.4 Å². The van der Waals surface area contributed by atoms with Crippen molar-refractivity contribution in [1.29, 1.82) is 0 Å². The molecule has 0 bridgehead atoms. The Balaban J connectivity index is 2.87. The highest BCUT2D eigenvalue weighted by Crippen LogP contribution is 2.27. The van der Waals surface area contributed by atoms with Crippen LogP contribution in [0.4, 0.5) is 5.69 Å². The Morgan fingerprint density at radius 1 is 1.18 bits per heavy atom. The first-order valence-electron chi connectivity index (χ1n) is 5.53. The molecule has 0 aliphatic heterocycles. The molecule has 0 saturated heterocycles. The van der Waals surface area contributed by atoms with Gasteiger partial charge in [0.05, 0.1) is 5.69 Å². The number of nitrogens with zero attached hydrogens (tertiary/aromatic N) is 1. The molecule has 0 aliphatic carbocycles. The van der Waals surface area contributed by atoms with Gasteiger partial charge < -0.3 is 9.64 Å². The summed E-state index contributed by atoms with van der Waals surface area (Å²) in [6, 6.07) is 7.87. The first kappa shape index (κ1) is 14.2. The largest absolute Gasteiger partial charge is 0.487 e.